The molecule has 1 fully saturated rings. The zero-order chi connectivity index (χ0) is 22.4. The minimum Gasteiger partial charge on any atom is -0.444 e. The monoisotopic (exact) mass is 418 g/mol. The highest BCUT2D eigenvalue weighted by molar-refractivity contribution is 5.76. The van der Waals surface area contributed by atoms with Gasteiger partial charge in [0.1, 0.15) is 5.60 Å². The third-order valence-electron chi connectivity index (χ3n) is 5.80. The van der Waals surface area contributed by atoms with Crippen LogP contribution in [0.1, 0.15) is 65.4 Å². The fourth-order valence-corrected chi connectivity index (χ4v) is 3.84. The van der Waals surface area contributed by atoms with Crippen molar-refractivity contribution in [3.63, 3.8) is 0 Å². The summed E-state index contributed by atoms with van der Waals surface area (Å²) in [4.78, 5) is 26.5. The van der Waals surface area contributed by atoms with Crippen LogP contribution in [0.2, 0.25) is 0 Å². The first-order valence-corrected chi connectivity index (χ1v) is 10.9. The third kappa shape index (κ3) is 7.31. The maximum absolute atomic E-state index is 12.6. The van der Waals surface area contributed by atoms with Gasteiger partial charge in [0.15, 0.2) is 0 Å². The molecule has 1 aliphatic rings. The van der Waals surface area contributed by atoms with E-state index in [4.69, 9.17) is 4.74 Å². The van der Waals surface area contributed by atoms with Crippen molar-refractivity contribution >= 4 is 12.0 Å². The lowest BCUT2D eigenvalue weighted by Crippen LogP contribution is -2.43. The molecule has 0 spiro atoms. The van der Waals surface area contributed by atoms with Crippen LogP contribution in [0.15, 0.2) is 30.3 Å². The molecule has 0 unspecified atom stereocenters. The summed E-state index contributed by atoms with van der Waals surface area (Å²) in [6, 6.07) is 10.0. The highest BCUT2D eigenvalue weighted by atomic mass is 16.6. The SMILES string of the molecule is CC(C)(C)OC(=O)N1CCC(CC(=O)NC[C@@H](c2ccccc2)C(C)(C)CO)CC1. The molecule has 0 bridgehead atoms. The van der Waals surface area contributed by atoms with E-state index in [1.165, 1.54) is 0 Å². The van der Waals surface area contributed by atoms with Gasteiger partial charge < -0.3 is 20.1 Å². The number of likely N-dealkylation sites (tertiary alicyclic amines) is 1. The van der Waals surface area contributed by atoms with Crippen molar-refractivity contribution in [3.8, 4) is 0 Å². The van der Waals surface area contributed by atoms with E-state index in [0.29, 0.717) is 26.1 Å². The molecule has 2 N–H and O–H groups in total. The minimum atomic E-state index is -0.495. The number of piperidine rings is 1. The molecule has 0 saturated carbocycles. The number of hydrogen-bond donors (Lipinski definition) is 2. The summed E-state index contributed by atoms with van der Waals surface area (Å²) in [6.45, 7) is 11.4. The fraction of sp³-hybridized carbons (Fsp3) is 0.667. The highest BCUT2D eigenvalue weighted by Crippen LogP contribution is 2.34. The first kappa shape index (κ1) is 24.2. The Morgan fingerprint density at radius 3 is 2.27 bits per heavy atom. The Labute approximate surface area is 181 Å². The Kier molecular flexibility index (Phi) is 8.30. The summed E-state index contributed by atoms with van der Waals surface area (Å²) < 4.78 is 5.43. The minimum absolute atomic E-state index is 0.0281. The summed E-state index contributed by atoms with van der Waals surface area (Å²) in [5.41, 5.74) is 0.279. The van der Waals surface area contributed by atoms with Gasteiger partial charge >= 0.3 is 6.09 Å². The Bertz CT molecular complexity index is 689. The molecule has 0 aromatic heterocycles. The number of nitrogens with one attached hydrogen (secondary N) is 1. The Morgan fingerprint density at radius 2 is 1.73 bits per heavy atom. The van der Waals surface area contributed by atoms with E-state index < -0.39 is 5.60 Å². The van der Waals surface area contributed by atoms with Gasteiger partial charge in [-0.2, -0.15) is 0 Å². The van der Waals surface area contributed by atoms with Crippen LogP contribution in [-0.2, 0) is 9.53 Å². The molecule has 30 heavy (non-hydrogen) atoms. The highest BCUT2D eigenvalue weighted by Gasteiger charge is 2.31. The van der Waals surface area contributed by atoms with Gasteiger partial charge in [0.25, 0.3) is 0 Å². The van der Waals surface area contributed by atoms with Gasteiger partial charge in [-0.15, -0.1) is 0 Å². The van der Waals surface area contributed by atoms with Crippen molar-refractivity contribution in [2.24, 2.45) is 11.3 Å². The molecule has 1 aromatic carbocycles. The molecular weight excluding hydrogens is 380 g/mol. The molecule has 2 amide bonds. The van der Waals surface area contributed by atoms with E-state index in [0.717, 1.165) is 18.4 Å². The second-order valence-electron chi connectivity index (χ2n) is 10.0. The topological polar surface area (TPSA) is 78.9 Å². The van der Waals surface area contributed by atoms with Gasteiger partial charge in [-0.25, -0.2) is 4.79 Å². The van der Waals surface area contributed by atoms with Crippen molar-refractivity contribution in [3.05, 3.63) is 35.9 Å². The fourth-order valence-electron chi connectivity index (χ4n) is 3.84. The Balaban J connectivity index is 1.83. The second kappa shape index (κ2) is 10.3. The average molecular weight is 419 g/mol. The van der Waals surface area contributed by atoms with Crippen molar-refractivity contribution in [2.75, 3.05) is 26.2 Å². The van der Waals surface area contributed by atoms with E-state index >= 15 is 0 Å². The van der Waals surface area contributed by atoms with E-state index in [1.807, 2.05) is 65.0 Å². The normalized spacial score (nSPS) is 16.8. The zero-order valence-corrected chi connectivity index (χ0v) is 19.1. The Hall–Kier alpha value is -2.08. The van der Waals surface area contributed by atoms with Crippen LogP contribution in [0.4, 0.5) is 4.79 Å². The smallest absolute Gasteiger partial charge is 0.410 e. The predicted octanol–water partition coefficient (Wildman–Crippen LogP) is 3.94. The number of rotatable bonds is 7. The van der Waals surface area contributed by atoms with E-state index in [-0.39, 0.29) is 35.9 Å². The van der Waals surface area contributed by atoms with Gasteiger partial charge in [0.05, 0.1) is 0 Å². The summed E-state index contributed by atoms with van der Waals surface area (Å²) in [5, 5.41) is 12.9. The van der Waals surface area contributed by atoms with E-state index in [9.17, 15) is 14.7 Å². The number of carbonyl (C=O) groups excluding carboxylic acids is 2. The van der Waals surface area contributed by atoms with Crippen molar-refractivity contribution in [2.45, 2.75) is 65.4 Å². The van der Waals surface area contributed by atoms with E-state index in [2.05, 4.69) is 5.32 Å². The molecule has 1 atom stereocenters. The van der Waals surface area contributed by atoms with Gasteiger partial charge in [0, 0.05) is 38.6 Å². The van der Waals surface area contributed by atoms with Gasteiger partial charge in [0.2, 0.25) is 5.91 Å². The Morgan fingerprint density at radius 1 is 1.13 bits per heavy atom. The van der Waals surface area contributed by atoms with Crippen LogP contribution in [0.5, 0.6) is 0 Å². The average Bonchev–Trinajstić information content (AvgIpc) is 2.68. The van der Waals surface area contributed by atoms with Gasteiger partial charge in [-0.3, -0.25) is 4.79 Å². The van der Waals surface area contributed by atoms with Gasteiger partial charge in [-0.1, -0.05) is 44.2 Å². The number of benzene rings is 1. The molecule has 6 nitrogen and oxygen atoms in total. The maximum atomic E-state index is 12.6. The zero-order valence-electron chi connectivity index (χ0n) is 19.1. The molecule has 2 rings (SSSR count). The summed E-state index contributed by atoms with van der Waals surface area (Å²) in [7, 11) is 0. The third-order valence-corrected chi connectivity index (χ3v) is 5.80. The number of hydrogen-bond acceptors (Lipinski definition) is 4. The molecule has 0 radical (unpaired) electrons. The lowest BCUT2D eigenvalue weighted by Gasteiger charge is -2.34. The van der Waals surface area contributed by atoms with Crippen LogP contribution in [0, 0.1) is 11.3 Å². The van der Waals surface area contributed by atoms with Crippen molar-refractivity contribution in [1.82, 2.24) is 10.2 Å². The second-order valence-corrected chi connectivity index (χ2v) is 10.0. The molecule has 0 aliphatic carbocycles. The summed E-state index contributed by atoms with van der Waals surface area (Å²) in [6.07, 6.45) is 1.79. The van der Waals surface area contributed by atoms with Crippen molar-refractivity contribution in [1.29, 1.82) is 0 Å². The summed E-state index contributed by atoms with van der Waals surface area (Å²) >= 11 is 0. The predicted molar refractivity (Wildman–Crippen MR) is 118 cm³/mol. The number of carbonyl (C=O) groups is 2. The number of aliphatic hydroxyl groups is 1. The maximum Gasteiger partial charge on any atom is 0.410 e. The molecule has 168 valence electrons. The van der Waals surface area contributed by atoms with Crippen molar-refractivity contribution < 1.29 is 19.4 Å². The van der Waals surface area contributed by atoms with Gasteiger partial charge in [-0.05, 0) is 50.5 Å². The first-order valence-electron chi connectivity index (χ1n) is 10.9. The first-order chi connectivity index (χ1) is 14.0. The largest absolute Gasteiger partial charge is 0.444 e. The van der Waals surface area contributed by atoms with Crippen LogP contribution < -0.4 is 5.32 Å². The molecule has 6 heteroatoms. The molecular formula is C24H38N2O4. The number of ether oxygens (including phenoxy) is 1. The number of amides is 2. The number of nitrogens with zero attached hydrogens (tertiary/aromatic N) is 1. The number of aliphatic hydroxyl groups excluding tert-OH is 1. The quantitative estimate of drug-likeness (QED) is 0.703. The lowest BCUT2D eigenvalue weighted by molar-refractivity contribution is -0.122. The van der Waals surface area contributed by atoms with Crippen LogP contribution in [0.3, 0.4) is 0 Å². The lowest BCUT2D eigenvalue weighted by atomic mass is 9.75. The summed E-state index contributed by atoms with van der Waals surface area (Å²) in [5.74, 6) is 0.326. The van der Waals surface area contributed by atoms with Crippen LogP contribution >= 0.6 is 0 Å². The molecule has 1 saturated heterocycles. The molecule has 1 aliphatic heterocycles. The standard InChI is InChI=1S/C24H38N2O4/c1-23(2,3)30-22(29)26-13-11-18(12-14-26)15-21(28)25-16-20(24(4,5)17-27)19-9-7-6-8-10-19/h6-10,18,20,27H,11-17H2,1-5H3,(H,25,28)/t20-/m0/s1. The molecule has 1 heterocycles. The van der Waals surface area contributed by atoms with Crippen LogP contribution in [-0.4, -0.2) is 53.8 Å². The van der Waals surface area contributed by atoms with Crippen LogP contribution in [0.25, 0.3) is 0 Å². The molecule has 1 aromatic rings. The van der Waals surface area contributed by atoms with E-state index in [1.54, 1.807) is 4.90 Å².